The molecule has 0 amide bonds. The van der Waals surface area contributed by atoms with Crippen molar-refractivity contribution in [2.45, 2.75) is 57.2 Å². The molecule has 0 aromatic rings. The number of aliphatic hydroxyl groups excluding tert-OH is 1. The Morgan fingerprint density at radius 3 is 2.53 bits per heavy atom. The lowest BCUT2D eigenvalue weighted by atomic mass is 9.86. The van der Waals surface area contributed by atoms with E-state index in [1.807, 2.05) is 0 Å². The van der Waals surface area contributed by atoms with Crippen LogP contribution in [0.2, 0.25) is 0 Å². The van der Waals surface area contributed by atoms with Crippen LogP contribution in [0.1, 0.15) is 39.0 Å². The number of hydrogen-bond acceptors (Lipinski definition) is 4. The third-order valence-corrected chi connectivity index (χ3v) is 4.24. The van der Waals surface area contributed by atoms with Gasteiger partial charge in [-0.25, -0.2) is 0 Å². The van der Waals surface area contributed by atoms with Crippen LogP contribution in [0.4, 0.5) is 0 Å². The van der Waals surface area contributed by atoms with E-state index in [1.165, 1.54) is 20.0 Å². The Hall–Kier alpha value is -0.610. The monoisotopic (exact) mass is 241 g/mol. The summed E-state index contributed by atoms with van der Waals surface area (Å²) < 4.78 is 4.83. The minimum atomic E-state index is -0.376. The predicted molar refractivity (Wildman–Crippen MR) is 64.6 cm³/mol. The van der Waals surface area contributed by atoms with Gasteiger partial charge in [0.2, 0.25) is 0 Å². The molecule has 4 heteroatoms. The van der Waals surface area contributed by atoms with Gasteiger partial charge in [0.15, 0.2) is 0 Å². The highest BCUT2D eigenvalue weighted by molar-refractivity contribution is 5.76. The summed E-state index contributed by atoms with van der Waals surface area (Å²) in [7, 11) is 1.42. The van der Waals surface area contributed by atoms with Gasteiger partial charge < -0.3 is 9.84 Å². The van der Waals surface area contributed by atoms with Gasteiger partial charge in [0.25, 0.3) is 0 Å². The average Bonchev–Trinajstić information content (AvgIpc) is 2.71. The van der Waals surface area contributed by atoms with Gasteiger partial charge in [0.05, 0.1) is 13.2 Å². The van der Waals surface area contributed by atoms with Crippen molar-refractivity contribution in [2.75, 3.05) is 13.7 Å². The molecular formula is C13H23NO3. The fourth-order valence-corrected chi connectivity index (χ4v) is 3.18. The van der Waals surface area contributed by atoms with Crippen molar-refractivity contribution in [1.29, 1.82) is 0 Å². The van der Waals surface area contributed by atoms with Crippen molar-refractivity contribution in [2.24, 2.45) is 5.92 Å². The Morgan fingerprint density at radius 2 is 1.94 bits per heavy atom. The molecule has 1 aliphatic heterocycles. The van der Waals surface area contributed by atoms with E-state index in [0.29, 0.717) is 19.0 Å². The molecule has 0 spiro atoms. The van der Waals surface area contributed by atoms with Gasteiger partial charge in [-0.05, 0) is 31.6 Å². The van der Waals surface area contributed by atoms with E-state index in [9.17, 15) is 9.90 Å². The maximum absolute atomic E-state index is 11.7. The van der Waals surface area contributed by atoms with E-state index in [-0.39, 0.29) is 18.1 Å². The zero-order valence-electron chi connectivity index (χ0n) is 10.8. The van der Waals surface area contributed by atoms with Crippen LogP contribution in [-0.4, -0.2) is 47.8 Å². The highest BCUT2D eigenvalue weighted by atomic mass is 16.5. The molecule has 2 rings (SSSR count). The van der Waals surface area contributed by atoms with Crippen LogP contribution in [0.25, 0.3) is 0 Å². The number of nitrogens with zero attached hydrogens (tertiary/aromatic N) is 1. The molecule has 2 atom stereocenters. The summed E-state index contributed by atoms with van der Waals surface area (Å²) in [5.41, 5.74) is 0. The van der Waals surface area contributed by atoms with E-state index in [0.717, 1.165) is 18.8 Å². The van der Waals surface area contributed by atoms with E-state index < -0.39 is 0 Å². The lowest BCUT2D eigenvalue weighted by Crippen LogP contribution is -2.45. The zero-order chi connectivity index (χ0) is 12.4. The third-order valence-electron chi connectivity index (χ3n) is 4.24. The molecule has 1 N–H and O–H groups in total. The Bertz CT molecular complexity index is 274. The highest BCUT2D eigenvalue weighted by Gasteiger charge is 2.40. The van der Waals surface area contributed by atoms with E-state index in [4.69, 9.17) is 4.74 Å². The lowest BCUT2D eigenvalue weighted by Gasteiger charge is -2.36. The van der Waals surface area contributed by atoms with Crippen molar-refractivity contribution < 1.29 is 14.6 Å². The van der Waals surface area contributed by atoms with Crippen molar-refractivity contribution >= 4 is 5.97 Å². The molecule has 1 saturated carbocycles. The molecule has 1 heterocycles. The summed E-state index contributed by atoms with van der Waals surface area (Å²) in [5, 5.41) is 9.75. The summed E-state index contributed by atoms with van der Waals surface area (Å²) in [6, 6.07) is 0.223. The number of likely N-dealkylation sites (tertiary alicyclic amines) is 1. The number of aliphatic hydroxyl groups is 1. The lowest BCUT2D eigenvalue weighted by molar-refractivity contribution is -0.147. The first-order valence-electron chi connectivity index (χ1n) is 6.63. The Labute approximate surface area is 103 Å². The number of methoxy groups -OCH3 is 1. The van der Waals surface area contributed by atoms with E-state index in [1.54, 1.807) is 0 Å². The van der Waals surface area contributed by atoms with Crippen LogP contribution in [0.5, 0.6) is 0 Å². The number of ether oxygens (including phenoxy) is 1. The minimum absolute atomic E-state index is 0.194. The molecule has 0 aromatic heterocycles. The second-order valence-corrected chi connectivity index (χ2v) is 5.54. The molecule has 0 radical (unpaired) electrons. The summed E-state index contributed by atoms with van der Waals surface area (Å²) in [5.74, 6) is 0.607. The topological polar surface area (TPSA) is 49.8 Å². The molecule has 17 heavy (non-hydrogen) atoms. The first-order chi connectivity index (χ1) is 8.11. The SMILES string of the molecule is COC(=O)C1CC(O)CN1C1CCC(C)CC1. The molecule has 1 saturated heterocycles. The number of rotatable bonds is 2. The van der Waals surface area contributed by atoms with Crippen molar-refractivity contribution in [3.8, 4) is 0 Å². The first-order valence-corrected chi connectivity index (χ1v) is 6.63. The molecule has 1 aliphatic carbocycles. The second-order valence-electron chi connectivity index (χ2n) is 5.54. The summed E-state index contributed by atoms with van der Waals surface area (Å²) in [6.45, 7) is 2.91. The first kappa shape index (κ1) is 12.8. The minimum Gasteiger partial charge on any atom is -0.468 e. The zero-order valence-corrected chi connectivity index (χ0v) is 10.8. The average molecular weight is 241 g/mol. The van der Waals surface area contributed by atoms with Crippen LogP contribution < -0.4 is 0 Å². The molecule has 0 bridgehead atoms. The third kappa shape index (κ3) is 2.80. The summed E-state index contributed by atoms with van der Waals surface area (Å²) in [6.07, 6.45) is 4.89. The summed E-state index contributed by atoms with van der Waals surface area (Å²) >= 11 is 0. The second kappa shape index (κ2) is 5.36. The molecule has 2 unspecified atom stereocenters. The van der Waals surface area contributed by atoms with E-state index in [2.05, 4.69) is 11.8 Å². The van der Waals surface area contributed by atoms with E-state index >= 15 is 0 Å². The molecule has 98 valence electrons. The molecular weight excluding hydrogens is 218 g/mol. The predicted octanol–water partition coefficient (Wildman–Crippen LogP) is 1.17. The normalized spacial score (nSPS) is 39.2. The van der Waals surface area contributed by atoms with Gasteiger partial charge in [0.1, 0.15) is 6.04 Å². The maximum Gasteiger partial charge on any atom is 0.323 e. The number of carbonyl (C=O) groups is 1. The summed E-state index contributed by atoms with van der Waals surface area (Å²) in [4.78, 5) is 13.9. The quantitative estimate of drug-likeness (QED) is 0.737. The van der Waals surface area contributed by atoms with Crippen LogP contribution in [0.15, 0.2) is 0 Å². The van der Waals surface area contributed by atoms with Crippen LogP contribution in [-0.2, 0) is 9.53 Å². The van der Waals surface area contributed by atoms with Gasteiger partial charge in [-0.2, -0.15) is 0 Å². The molecule has 2 aliphatic rings. The van der Waals surface area contributed by atoms with Gasteiger partial charge in [0, 0.05) is 19.0 Å². The van der Waals surface area contributed by atoms with Crippen molar-refractivity contribution in [3.05, 3.63) is 0 Å². The van der Waals surface area contributed by atoms with Gasteiger partial charge in [-0.3, -0.25) is 9.69 Å². The number of carbonyl (C=O) groups excluding carboxylic acids is 1. The van der Waals surface area contributed by atoms with Crippen LogP contribution in [0.3, 0.4) is 0 Å². The Balaban J connectivity index is 2.00. The van der Waals surface area contributed by atoms with Crippen LogP contribution in [0, 0.1) is 5.92 Å². The number of β-amino-alcohol motifs (C(OH)–C–C–N with tert-alkyl or cyclic N) is 1. The highest BCUT2D eigenvalue weighted by Crippen LogP contribution is 2.32. The molecule has 4 nitrogen and oxygen atoms in total. The van der Waals surface area contributed by atoms with Gasteiger partial charge in [-0.1, -0.05) is 6.92 Å². The fourth-order valence-electron chi connectivity index (χ4n) is 3.18. The van der Waals surface area contributed by atoms with Crippen molar-refractivity contribution in [3.63, 3.8) is 0 Å². The number of esters is 1. The van der Waals surface area contributed by atoms with Crippen molar-refractivity contribution in [1.82, 2.24) is 4.90 Å². The molecule has 0 aromatic carbocycles. The van der Waals surface area contributed by atoms with Gasteiger partial charge >= 0.3 is 5.97 Å². The largest absolute Gasteiger partial charge is 0.468 e. The maximum atomic E-state index is 11.7. The number of hydrogen-bond donors (Lipinski definition) is 1. The standard InChI is InChI=1S/C13H23NO3/c1-9-3-5-10(6-4-9)14-8-11(15)7-12(14)13(16)17-2/h9-12,15H,3-8H2,1-2H3. The van der Waals surface area contributed by atoms with Gasteiger partial charge in [-0.15, -0.1) is 0 Å². The van der Waals surface area contributed by atoms with Crippen LogP contribution >= 0.6 is 0 Å². The molecule has 2 fully saturated rings. The fraction of sp³-hybridized carbons (Fsp3) is 0.923. The Kier molecular flexibility index (Phi) is 4.05. The Morgan fingerprint density at radius 1 is 1.29 bits per heavy atom. The smallest absolute Gasteiger partial charge is 0.323 e.